The average Bonchev–Trinajstić information content (AvgIpc) is 2.68. The van der Waals surface area contributed by atoms with Gasteiger partial charge in [-0.05, 0) is 30.2 Å². The minimum atomic E-state index is -0.300. The zero-order valence-corrected chi connectivity index (χ0v) is 13.6. The van der Waals surface area contributed by atoms with Crippen LogP contribution in [0.1, 0.15) is 28.4 Å². The second kappa shape index (κ2) is 7.09. The molecular formula is C21H20N2O. The number of pyridine rings is 1. The van der Waals surface area contributed by atoms with Gasteiger partial charge in [0.1, 0.15) is 0 Å². The number of hydrogen-bond donors (Lipinski definition) is 1. The molecule has 0 unspecified atom stereocenters. The van der Waals surface area contributed by atoms with Crippen molar-refractivity contribution in [3.8, 4) is 0 Å². The molecule has 0 radical (unpaired) electrons. The molecule has 3 nitrogen and oxygen atoms in total. The molecule has 3 aromatic rings. The molecule has 24 heavy (non-hydrogen) atoms. The molecule has 0 fully saturated rings. The molecule has 3 rings (SSSR count). The molecule has 0 aliphatic carbocycles. The summed E-state index contributed by atoms with van der Waals surface area (Å²) in [6.45, 7) is 2.67. The van der Waals surface area contributed by atoms with Gasteiger partial charge in [-0.2, -0.15) is 0 Å². The van der Waals surface area contributed by atoms with E-state index < -0.39 is 0 Å². The third kappa shape index (κ3) is 3.35. The number of hydrogen-bond acceptors (Lipinski definition) is 2. The Kier molecular flexibility index (Phi) is 4.71. The first-order chi connectivity index (χ1) is 11.7. The molecule has 0 aliphatic rings. The molecule has 1 heterocycles. The summed E-state index contributed by atoms with van der Waals surface area (Å²) >= 11 is 0. The monoisotopic (exact) mass is 316 g/mol. The van der Waals surface area contributed by atoms with E-state index in [0.29, 0.717) is 12.1 Å². The molecule has 0 bridgehead atoms. The fourth-order valence-corrected chi connectivity index (χ4v) is 2.85. The van der Waals surface area contributed by atoms with Gasteiger partial charge in [-0.25, -0.2) is 0 Å². The van der Waals surface area contributed by atoms with Gasteiger partial charge in [0.2, 0.25) is 0 Å². The van der Waals surface area contributed by atoms with Gasteiger partial charge in [-0.3, -0.25) is 9.78 Å². The zero-order valence-electron chi connectivity index (χ0n) is 13.6. The van der Waals surface area contributed by atoms with Crippen LogP contribution in [-0.2, 0) is 5.41 Å². The summed E-state index contributed by atoms with van der Waals surface area (Å²) in [4.78, 5) is 16.4. The molecule has 1 aromatic heterocycles. The standard InChI is InChI=1S/C21H20N2O/c1-21(18-8-4-2-5-9-18,19-10-6-3-7-11-19)16-23-20(24)17-12-14-22-15-13-17/h2-15H,16H2,1H3,(H,23,24). The highest BCUT2D eigenvalue weighted by molar-refractivity contribution is 5.94. The van der Waals surface area contributed by atoms with E-state index in [1.54, 1.807) is 24.5 Å². The number of rotatable bonds is 5. The van der Waals surface area contributed by atoms with E-state index in [9.17, 15) is 4.79 Å². The molecule has 1 amide bonds. The number of aromatic nitrogens is 1. The van der Waals surface area contributed by atoms with E-state index in [2.05, 4.69) is 41.5 Å². The van der Waals surface area contributed by atoms with Crippen molar-refractivity contribution in [3.05, 3.63) is 102 Å². The largest absolute Gasteiger partial charge is 0.351 e. The molecule has 0 saturated carbocycles. The number of nitrogens with one attached hydrogen (secondary N) is 1. The summed E-state index contributed by atoms with van der Waals surface area (Å²) in [6.07, 6.45) is 3.25. The smallest absolute Gasteiger partial charge is 0.251 e. The molecule has 0 aliphatic heterocycles. The number of carbonyl (C=O) groups excluding carboxylic acids is 1. The van der Waals surface area contributed by atoms with Crippen LogP contribution in [0.5, 0.6) is 0 Å². The number of amides is 1. The van der Waals surface area contributed by atoms with Crippen LogP contribution in [0.3, 0.4) is 0 Å². The first kappa shape index (κ1) is 15.9. The van der Waals surface area contributed by atoms with Crippen LogP contribution < -0.4 is 5.32 Å². The molecule has 120 valence electrons. The first-order valence-corrected chi connectivity index (χ1v) is 7.99. The first-order valence-electron chi connectivity index (χ1n) is 7.99. The van der Waals surface area contributed by atoms with Crippen molar-refractivity contribution in [1.82, 2.24) is 10.3 Å². The summed E-state index contributed by atoms with van der Waals surface area (Å²) in [5.74, 6) is -0.0875. The van der Waals surface area contributed by atoms with Gasteiger partial charge in [0, 0.05) is 29.9 Å². The Labute approximate surface area is 142 Å². The molecular weight excluding hydrogens is 296 g/mol. The van der Waals surface area contributed by atoms with E-state index in [1.165, 1.54) is 11.1 Å². The highest BCUT2D eigenvalue weighted by atomic mass is 16.1. The summed E-state index contributed by atoms with van der Waals surface area (Å²) < 4.78 is 0. The fraction of sp³-hybridized carbons (Fsp3) is 0.143. The zero-order chi connectivity index (χ0) is 16.8. The molecule has 1 N–H and O–H groups in total. The maximum absolute atomic E-state index is 12.4. The number of benzene rings is 2. The van der Waals surface area contributed by atoms with Crippen LogP contribution in [0.15, 0.2) is 85.2 Å². The minimum absolute atomic E-state index is 0.0875. The third-order valence-electron chi connectivity index (χ3n) is 4.37. The lowest BCUT2D eigenvalue weighted by molar-refractivity contribution is 0.0947. The summed E-state index contributed by atoms with van der Waals surface area (Å²) in [6, 6.07) is 24.0. The van der Waals surface area contributed by atoms with E-state index in [4.69, 9.17) is 0 Å². The molecule has 0 spiro atoms. The van der Waals surface area contributed by atoms with Crippen molar-refractivity contribution in [2.75, 3.05) is 6.54 Å². The van der Waals surface area contributed by atoms with Crippen molar-refractivity contribution < 1.29 is 4.79 Å². The van der Waals surface area contributed by atoms with Crippen LogP contribution in [0, 0.1) is 0 Å². The van der Waals surface area contributed by atoms with Gasteiger partial charge in [0.15, 0.2) is 0 Å². The Bertz CT molecular complexity index is 746. The normalized spacial score (nSPS) is 11.0. The Morgan fingerprint density at radius 2 is 1.38 bits per heavy atom. The van der Waals surface area contributed by atoms with E-state index in [-0.39, 0.29) is 11.3 Å². The van der Waals surface area contributed by atoms with Gasteiger partial charge in [0.25, 0.3) is 5.91 Å². The minimum Gasteiger partial charge on any atom is -0.351 e. The van der Waals surface area contributed by atoms with Crippen molar-refractivity contribution >= 4 is 5.91 Å². The van der Waals surface area contributed by atoms with Crippen LogP contribution in [0.2, 0.25) is 0 Å². The number of nitrogens with zero attached hydrogens (tertiary/aromatic N) is 1. The van der Waals surface area contributed by atoms with Crippen LogP contribution >= 0.6 is 0 Å². The van der Waals surface area contributed by atoms with Gasteiger partial charge in [0.05, 0.1) is 0 Å². The lowest BCUT2D eigenvalue weighted by atomic mass is 9.76. The van der Waals surface area contributed by atoms with Crippen molar-refractivity contribution in [2.45, 2.75) is 12.3 Å². The summed E-state index contributed by atoms with van der Waals surface area (Å²) in [7, 11) is 0. The van der Waals surface area contributed by atoms with Crippen molar-refractivity contribution in [2.24, 2.45) is 0 Å². The lowest BCUT2D eigenvalue weighted by Gasteiger charge is -2.31. The topological polar surface area (TPSA) is 42.0 Å². The van der Waals surface area contributed by atoms with Crippen LogP contribution in [0.25, 0.3) is 0 Å². The summed E-state index contributed by atoms with van der Waals surface area (Å²) in [5.41, 5.74) is 2.66. The van der Waals surface area contributed by atoms with Gasteiger partial charge >= 0.3 is 0 Å². The van der Waals surface area contributed by atoms with Crippen LogP contribution in [-0.4, -0.2) is 17.4 Å². The van der Waals surface area contributed by atoms with Crippen molar-refractivity contribution in [3.63, 3.8) is 0 Å². The predicted octanol–water partition coefficient (Wildman–Crippen LogP) is 3.82. The lowest BCUT2D eigenvalue weighted by Crippen LogP contribution is -2.39. The van der Waals surface area contributed by atoms with Crippen LogP contribution in [0.4, 0.5) is 0 Å². The molecule has 0 saturated heterocycles. The maximum atomic E-state index is 12.4. The fourth-order valence-electron chi connectivity index (χ4n) is 2.85. The highest BCUT2D eigenvalue weighted by Gasteiger charge is 2.29. The van der Waals surface area contributed by atoms with E-state index >= 15 is 0 Å². The second-order valence-electron chi connectivity index (χ2n) is 5.98. The van der Waals surface area contributed by atoms with Gasteiger partial charge in [-0.1, -0.05) is 60.7 Å². The van der Waals surface area contributed by atoms with Gasteiger partial charge in [-0.15, -0.1) is 0 Å². The quantitative estimate of drug-likeness (QED) is 0.777. The molecule has 3 heteroatoms. The Balaban J connectivity index is 1.88. The SMILES string of the molecule is CC(CNC(=O)c1ccncc1)(c1ccccc1)c1ccccc1. The van der Waals surface area contributed by atoms with Gasteiger partial charge < -0.3 is 5.32 Å². The Morgan fingerprint density at radius 1 is 0.875 bits per heavy atom. The summed E-state index contributed by atoms with van der Waals surface area (Å²) in [5, 5.41) is 3.07. The maximum Gasteiger partial charge on any atom is 0.251 e. The second-order valence-corrected chi connectivity index (χ2v) is 5.98. The number of carbonyl (C=O) groups is 1. The predicted molar refractivity (Wildman–Crippen MR) is 95.9 cm³/mol. The highest BCUT2D eigenvalue weighted by Crippen LogP contribution is 2.31. The molecule has 2 aromatic carbocycles. The van der Waals surface area contributed by atoms with Crippen molar-refractivity contribution in [1.29, 1.82) is 0 Å². The Morgan fingerprint density at radius 3 is 1.88 bits per heavy atom. The Hall–Kier alpha value is -2.94. The van der Waals surface area contributed by atoms with E-state index in [0.717, 1.165) is 0 Å². The average molecular weight is 316 g/mol. The third-order valence-corrected chi connectivity index (χ3v) is 4.37. The van der Waals surface area contributed by atoms with E-state index in [1.807, 2.05) is 36.4 Å². The molecule has 0 atom stereocenters.